The lowest BCUT2D eigenvalue weighted by Crippen LogP contribution is -2.36. The summed E-state index contributed by atoms with van der Waals surface area (Å²) < 4.78 is 17.2. The summed E-state index contributed by atoms with van der Waals surface area (Å²) in [5.74, 6) is -0.0306. The fraction of sp³-hybridized carbons (Fsp3) is 0.172. The summed E-state index contributed by atoms with van der Waals surface area (Å²) in [6, 6.07) is 19.2. The van der Waals surface area contributed by atoms with Gasteiger partial charge in [0.25, 0.3) is 17.1 Å². The Morgan fingerprint density at radius 3 is 2.32 bits per heavy atom. The van der Waals surface area contributed by atoms with E-state index in [0.29, 0.717) is 44.4 Å². The minimum Gasteiger partial charge on any atom is -0.494 e. The molecular formula is C29H26IN3O7S. The molecule has 41 heavy (non-hydrogen) atoms. The summed E-state index contributed by atoms with van der Waals surface area (Å²) in [6.45, 7) is 1.74. The fourth-order valence-electron chi connectivity index (χ4n) is 3.75. The van der Waals surface area contributed by atoms with Gasteiger partial charge in [-0.25, -0.2) is 0 Å². The highest BCUT2D eigenvalue weighted by molar-refractivity contribution is 14.1. The third-order valence-corrected chi connectivity index (χ3v) is 7.29. The molecule has 0 aromatic heterocycles. The molecule has 1 heterocycles. The van der Waals surface area contributed by atoms with E-state index in [9.17, 15) is 19.2 Å². The van der Waals surface area contributed by atoms with Gasteiger partial charge in [-0.1, -0.05) is 18.2 Å². The number of carbonyl (C=O) groups excluding carboxylic acids is 4. The van der Waals surface area contributed by atoms with Gasteiger partial charge in [0.1, 0.15) is 12.3 Å². The summed E-state index contributed by atoms with van der Waals surface area (Å²) in [7, 11) is 1.46. The summed E-state index contributed by atoms with van der Waals surface area (Å²) in [4.78, 5) is 51.4. The number of amides is 4. The highest BCUT2D eigenvalue weighted by Gasteiger charge is 2.36. The second kappa shape index (κ2) is 14.0. The zero-order valence-electron chi connectivity index (χ0n) is 22.1. The van der Waals surface area contributed by atoms with Gasteiger partial charge in [-0.3, -0.25) is 24.1 Å². The van der Waals surface area contributed by atoms with Gasteiger partial charge in [0, 0.05) is 11.4 Å². The monoisotopic (exact) mass is 687 g/mol. The smallest absolute Gasteiger partial charge is 0.294 e. The Kier molecular flexibility index (Phi) is 10.2. The Bertz CT molecular complexity index is 1480. The van der Waals surface area contributed by atoms with E-state index in [1.807, 2.05) is 47.7 Å². The van der Waals surface area contributed by atoms with Gasteiger partial charge in [-0.05, 0) is 101 Å². The van der Waals surface area contributed by atoms with Crippen LogP contribution in [0, 0.1) is 3.57 Å². The molecule has 3 aromatic carbocycles. The largest absolute Gasteiger partial charge is 0.494 e. The van der Waals surface area contributed by atoms with Crippen molar-refractivity contribution in [3.8, 4) is 17.2 Å². The van der Waals surface area contributed by atoms with Crippen LogP contribution in [0.2, 0.25) is 0 Å². The predicted octanol–water partition coefficient (Wildman–Crippen LogP) is 5.39. The molecule has 4 rings (SSSR count). The van der Waals surface area contributed by atoms with Crippen LogP contribution in [0.1, 0.15) is 12.5 Å². The van der Waals surface area contributed by atoms with E-state index in [4.69, 9.17) is 14.2 Å². The van der Waals surface area contributed by atoms with Gasteiger partial charge in [0.2, 0.25) is 5.91 Å². The number of methoxy groups -OCH3 is 1. The van der Waals surface area contributed by atoms with Crippen LogP contribution >= 0.6 is 34.4 Å². The molecule has 0 saturated carbocycles. The Labute approximate surface area is 254 Å². The molecule has 2 N–H and O–H groups in total. The van der Waals surface area contributed by atoms with Crippen molar-refractivity contribution in [1.29, 1.82) is 0 Å². The Hall–Kier alpha value is -4.04. The SMILES string of the molecule is CCOc1ccc(NC(=O)CN2C(=O)S/C(=C/c3cc(I)c(OCC(=O)Nc4ccccc4)c(OC)c3)C2=O)cc1. The molecule has 0 radical (unpaired) electrons. The summed E-state index contributed by atoms with van der Waals surface area (Å²) in [6.07, 6.45) is 1.55. The van der Waals surface area contributed by atoms with Crippen molar-refractivity contribution in [2.45, 2.75) is 6.92 Å². The lowest BCUT2D eigenvalue weighted by atomic mass is 10.2. The first-order chi connectivity index (χ1) is 19.8. The highest BCUT2D eigenvalue weighted by atomic mass is 127. The van der Waals surface area contributed by atoms with Crippen molar-refractivity contribution in [2.24, 2.45) is 0 Å². The topological polar surface area (TPSA) is 123 Å². The number of benzene rings is 3. The van der Waals surface area contributed by atoms with Crippen LogP contribution in [0.3, 0.4) is 0 Å². The van der Waals surface area contributed by atoms with Crippen LogP contribution in [0.25, 0.3) is 6.08 Å². The molecule has 0 unspecified atom stereocenters. The van der Waals surface area contributed by atoms with Crippen LogP contribution in [-0.4, -0.2) is 54.7 Å². The van der Waals surface area contributed by atoms with Crippen molar-refractivity contribution >= 4 is 74.8 Å². The van der Waals surface area contributed by atoms with E-state index in [-0.39, 0.29) is 17.4 Å². The molecule has 1 saturated heterocycles. The molecule has 1 fully saturated rings. The molecule has 3 aromatic rings. The van der Waals surface area contributed by atoms with Gasteiger partial charge in [0.15, 0.2) is 18.1 Å². The van der Waals surface area contributed by atoms with Gasteiger partial charge < -0.3 is 24.8 Å². The van der Waals surface area contributed by atoms with E-state index in [0.717, 1.165) is 16.7 Å². The molecule has 4 amide bonds. The fourth-order valence-corrected chi connectivity index (χ4v) is 5.37. The summed E-state index contributed by atoms with van der Waals surface area (Å²) >= 11 is 2.79. The lowest BCUT2D eigenvalue weighted by Gasteiger charge is -2.14. The molecule has 0 bridgehead atoms. The van der Waals surface area contributed by atoms with Gasteiger partial charge in [-0.15, -0.1) is 0 Å². The standard InChI is InChI=1S/C29H26IN3O7S/c1-3-39-21-11-9-20(10-12-21)31-25(34)16-33-28(36)24(41-29(33)37)15-18-13-22(30)27(23(14-18)38-2)40-17-26(35)32-19-7-5-4-6-8-19/h4-15H,3,16-17H2,1-2H3,(H,31,34)(H,32,35)/b24-15+. The van der Waals surface area contributed by atoms with Crippen LogP contribution in [-0.2, 0) is 14.4 Å². The maximum Gasteiger partial charge on any atom is 0.294 e. The van der Waals surface area contributed by atoms with E-state index < -0.39 is 23.6 Å². The highest BCUT2D eigenvalue weighted by Crippen LogP contribution is 2.37. The number of rotatable bonds is 11. The van der Waals surface area contributed by atoms with Gasteiger partial charge >= 0.3 is 0 Å². The molecule has 212 valence electrons. The Morgan fingerprint density at radius 2 is 1.63 bits per heavy atom. The van der Waals surface area contributed by atoms with Crippen molar-refractivity contribution in [3.05, 3.63) is 80.8 Å². The molecule has 0 aliphatic carbocycles. The van der Waals surface area contributed by atoms with E-state index in [1.165, 1.54) is 7.11 Å². The molecule has 0 spiro atoms. The van der Waals surface area contributed by atoms with Crippen LogP contribution in [0.5, 0.6) is 17.2 Å². The lowest BCUT2D eigenvalue weighted by molar-refractivity contribution is -0.127. The molecule has 1 aliphatic heterocycles. The Morgan fingerprint density at radius 1 is 0.951 bits per heavy atom. The van der Waals surface area contributed by atoms with Crippen LogP contribution in [0.15, 0.2) is 71.6 Å². The Balaban J connectivity index is 1.40. The molecule has 1 aliphatic rings. The minimum absolute atomic E-state index is 0.164. The molecule has 10 nitrogen and oxygen atoms in total. The van der Waals surface area contributed by atoms with Crippen molar-refractivity contribution in [1.82, 2.24) is 4.90 Å². The second-order valence-electron chi connectivity index (χ2n) is 8.51. The number of hydrogen-bond donors (Lipinski definition) is 2. The first-order valence-corrected chi connectivity index (χ1v) is 14.3. The number of para-hydroxylation sites is 1. The molecule has 12 heteroatoms. The predicted molar refractivity (Wildman–Crippen MR) is 165 cm³/mol. The summed E-state index contributed by atoms with van der Waals surface area (Å²) in [5.41, 5.74) is 1.75. The van der Waals surface area contributed by atoms with Crippen molar-refractivity contribution < 1.29 is 33.4 Å². The maximum absolute atomic E-state index is 13.0. The molecular weight excluding hydrogens is 661 g/mol. The first-order valence-electron chi connectivity index (χ1n) is 12.4. The number of nitrogens with one attached hydrogen (secondary N) is 2. The minimum atomic E-state index is -0.575. The first kappa shape index (κ1) is 29.9. The van der Waals surface area contributed by atoms with Gasteiger partial charge in [-0.2, -0.15) is 0 Å². The van der Waals surface area contributed by atoms with Crippen molar-refractivity contribution in [2.75, 3.05) is 37.5 Å². The van der Waals surface area contributed by atoms with E-state index >= 15 is 0 Å². The van der Waals surface area contributed by atoms with Crippen LogP contribution in [0.4, 0.5) is 16.2 Å². The number of carbonyl (C=O) groups is 4. The maximum atomic E-state index is 13.0. The number of imide groups is 1. The number of nitrogens with zero attached hydrogens (tertiary/aromatic N) is 1. The summed E-state index contributed by atoms with van der Waals surface area (Å²) in [5, 5.41) is 4.88. The van der Waals surface area contributed by atoms with Crippen molar-refractivity contribution in [3.63, 3.8) is 0 Å². The zero-order valence-corrected chi connectivity index (χ0v) is 25.1. The van der Waals surface area contributed by atoms with E-state index in [2.05, 4.69) is 10.6 Å². The third kappa shape index (κ3) is 8.01. The zero-order chi connectivity index (χ0) is 29.4. The van der Waals surface area contributed by atoms with Gasteiger partial charge in [0.05, 0.1) is 22.2 Å². The third-order valence-electron chi connectivity index (χ3n) is 5.58. The molecule has 0 atom stereocenters. The number of anilines is 2. The number of ether oxygens (including phenoxy) is 3. The average molecular weight is 688 g/mol. The number of hydrogen-bond acceptors (Lipinski definition) is 8. The van der Waals surface area contributed by atoms with E-state index in [1.54, 1.807) is 54.6 Å². The van der Waals surface area contributed by atoms with Crippen LogP contribution < -0.4 is 24.8 Å². The quantitative estimate of drug-likeness (QED) is 0.203. The average Bonchev–Trinajstić information content (AvgIpc) is 3.21. The normalized spacial score (nSPS) is 13.7. The second-order valence-corrected chi connectivity index (χ2v) is 10.7. The number of halogens is 1. The number of thioether (sulfide) groups is 1.